The van der Waals surface area contributed by atoms with Crippen molar-refractivity contribution in [3.63, 3.8) is 0 Å². The number of furan rings is 1. The van der Waals surface area contributed by atoms with Gasteiger partial charge in [0.2, 0.25) is 11.8 Å². The Morgan fingerprint density at radius 1 is 1.31 bits per heavy atom. The van der Waals surface area contributed by atoms with Gasteiger partial charge in [-0.15, -0.1) is 0 Å². The van der Waals surface area contributed by atoms with Gasteiger partial charge < -0.3 is 24.3 Å². The minimum absolute atomic E-state index is 0.0986. The van der Waals surface area contributed by atoms with Crippen molar-refractivity contribution in [1.82, 2.24) is 15.1 Å². The van der Waals surface area contributed by atoms with Gasteiger partial charge in [-0.2, -0.15) is 0 Å². The number of hydrogen-bond donors (Lipinski definition) is 1. The molecule has 29 heavy (non-hydrogen) atoms. The number of piperazine rings is 1. The highest BCUT2D eigenvalue weighted by Gasteiger charge is 2.36. The van der Waals surface area contributed by atoms with Gasteiger partial charge in [-0.25, -0.2) is 4.79 Å². The monoisotopic (exact) mass is 405 g/mol. The summed E-state index contributed by atoms with van der Waals surface area (Å²) in [6, 6.07) is 3.31. The lowest BCUT2D eigenvalue weighted by atomic mass is 10.00. The first-order valence-corrected chi connectivity index (χ1v) is 9.83. The third-order valence-electron chi connectivity index (χ3n) is 4.52. The van der Waals surface area contributed by atoms with Gasteiger partial charge in [0.1, 0.15) is 11.4 Å². The summed E-state index contributed by atoms with van der Waals surface area (Å²) < 4.78 is 10.6. The summed E-state index contributed by atoms with van der Waals surface area (Å²) in [5.41, 5.74) is -0.570. The van der Waals surface area contributed by atoms with Crippen molar-refractivity contribution >= 4 is 24.0 Å². The van der Waals surface area contributed by atoms with E-state index in [1.165, 1.54) is 18.4 Å². The molecule has 0 unspecified atom stereocenters. The van der Waals surface area contributed by atoms with Crippen LogP contribution in [0.4, 0.5) is 4.79 Å². The predicted octanol–water partition coefficient (Wildman–Crippen LogP) is 2.51. The Labute approximate surface area is 171 Å². The maximum Gasteiger partial charge on any atom is 0.410 e. The molecular weight excluding hydrogens is 374 g/mol. The highest BCUT2D eigenvalue weighted by molar-refractivity contribution is 5.94. The van der Waals surface area contributed by atoms with E-state index >= 15 is 0 Å². The number of amides is 3. The number of nitrogens with zero attached hydrogens (tertiary/aromatic N) is 2. The van der Waals surface area contributed by atoms with Crippen LogP contribution in [0.3, 0.4) is 0 Å². The molecule has 0 saturated carbocycles. The van der Waals surface area contributed by atoms with E-state index in [0.717, 1.165) is 0 Å². The molecule has 1 atom stereocenters. The van der Waals surface area contributed by atoms with Crippen molar-refractivity contribution in [2.75, 3.05) is 26.2 Å². The van der Waals surface area contributed by atoms with E-state index in [1.54, 1.807) is 21.9 Å². The highest BCUT2D eigenvalue weighted by atomic mass is 16.6. The molecule has 1 aromatic rings. The predicted molar refractivity (Wildman–Crippen MR) is 109 cm³/mol. The van der Waals surface area contributed by atoms with Crippen molar-refractivity contribution in [1.29, 1.82) is 0 Å². The molecule has 0 aromatic carbocycles. The SMILES string of the molecule is CC(C)[C@H]1CN(C(=O)CNC(=O)/C=C/c2ccco2)CCN1C(=O)OC(C)(C)C. The topological polar surface area (TPSA) is 92.1 Å². The molecule has 1 fully saturated rings. The van der Waals surface area contributed by atoms with Crippen LogP contribution in [0.1, 0.15) is 40.4 Å². The molecule has 0 aliphatic carbocycles. The lowest BCUT2D eigenvalue weighted by Gasteiger charge is -2.43. The van der Waals surface area contributed by atoms with Gasteiger partial charge in [-0.1, -0.05) is 13.8 Å². The Morgan fingerprint density at radius 3 is 2.62 bits per heavy atom. The van der Waals surface area contributed by atoms with Crippen LogP contribution in [-0.2, 0) is 14.3 Å². The minimum Gasteiger partial charge on any atom is -0.465 e. The van der Waals surface area contributed by atoms with E-state index in [4.69, 9.17) is 9.15 Å². The van der Waals surface area contributed by atoms with Crippen LogP contribution in [0.2, 0.25) is 0 Å². The third kappa shape index (κ3) is 6.96. The molecule has 0 bridgehead atoms. The van der Waals surface area contributed by atoms with Crippen LogP contribution in [0.25, 0.3) is 6.08 Å². The zero-order valence-electron chi connectivity index (χ0n) is 17.8. The maximum absolute atomic E-state index is 12.5. The normalized spacial score (nSPS) is 17.7. The van der Waals surface area contributed by atoms with Gasteiger partial charge in [0, 0.05) is 25.7 Å². The molecule has 1 aliphatic rings. The minimum atomic E-state index is -0.570. The zero-order valence-corrected chi connectivity index (χ0v) is 17.8. The summed E-state index contributed by atoms with van der Waals surface area (Å²) in [7, 11) is 0. The quantitative estimate of drug-likeness (QED) is 0.760. The first kappa shape index (κ1) is 22.5. The largest absolute Gasteiger partial charge is 0.465 e. The second-order valence-corrected chi connectivity index (χ2v) is 8.39. The Morgan fingerprint density at radius 2 is 2.03 bits per heavy atom. The van der Waals surface area contributed by atoms with E-state index in [0.29, 0.717) is 25.4 Å². The lowest BCUT2D eigenvalue weighted by molar-refractivity contribution is -0.135. The molecular formula is C21H31N3O5. The van der Waals surface area contributed by atoms with E-state index < -0.39 is 5.60 Å². The van der Waals surface area contributed by atoms with Crippen molar-refractivity contribution in [2.24, 2.45) is 5.92 Å². The number of carbonyl (C=O) groups excluding carboxylic acids is 3. The van der Waals surface area contributed by atoms with Crippen LogP contribution in [0.5, 0.6) is 0 Å². The molecule has 8 nitrogen and oxygen atoms in total. The fourth-order valence-corrected chi connectivity index (χ4v) is 3.03. The van der Waals surface area contributed by atoms with Crippen LogP contribution in [0.15, 0.2) is 28.9 Å². The molecule has 160 valence electrons. The summed E-state index contributed by atoms with van der Waals surface area (Å²) in [6.07, 6.45) is 4.01. The summed E-state index contributed by atoms with van der Waals surface area (Å²) >= 11 is 0. The summed E-state index contributed by atoms with van der Waals surface area (Å²) in [5, 5.41) is 2.59. The molecule has 1 saturated heterocycles. The van der Waals surface area contributed by atoms with Crippen LogP contribution < -0.4 is 5.32 Å². The Kier molecular flexibility index (Phi) is 7.47. The number of rotatable bonds is 5. The fourth-order valence-electron chi connectivity index (χ4n) is 3.03. The fraction of sp³-hybridized carbons (Fsp3) is 0.571. The zero-order chi connectivity index (χ0) is 21.6. The van der Waals surface area contributed by atoms with E-state index in [9.17, 15) is 14.4 Å². The first-order valence-electron chi connectivity index (χ1n) is 9.83. The molecule has 3 amide bonds. The van der Waals surface area contributed by atoms with Gasteiger partial charge in [0.15, 0.2) is 0 Å². The van der Waals surface area contributed by atoms with Crippen molar-refractivity contribution in [3.05, 3.63) is 30.2 Å². The number of carbonyl (C=O) groups is 3. The average molecular weight is 405 g/mol. The first-order chi connectivity index (χ1) is 13.6. The maximum atomic E-state index is 12.5. The molecule has 0 radical (unpaired) electrons. The Bertz CT molecular complexity index is 734. The van der Waals surface area contributed by atoms with E-state index in [-0.39, 0.29) is 36.4 Å². The molecule has 1 N–H and O–H groups in total. The standard InChI is InChI=1S/C21H31N3O5/c1-15(2)17-14-23(10-11-24(17)20(27)29-21(3,4)5)19(26)13-22-18(25)9-8-16-7-6-12-28-16/h6-9,12,15,17H,10-11,13-14H2,1-5H3,(H,22,25)/b9-8+/t17-/m1/s1. The molecule has 2 heterocycles. The summed E-state index contributed by atoms with van der Waals surface area (Å²) in [6.45, 7) is 10.6. The van der Waals surface area contributed by atoms with Gasteiger partial charge in [0.25, 0.3) is 0 Å². The Balaban J connectivity index is 1.88. The Hall–Kier alpha value is -2.77. The summed E-state index contributed by atoms with van der Waals surface area (Å²) in [4.78, 5) is 40.3. The van der Waals surface area contributed by atoms with Crippen molar-refractivity contribution in [2.45, 2.75) is 46.3 Å². The van der Waals surface area contributed by atoms with Gasteiger partial charge in [-0.3, -0.25) is 9.59 Å². The van der Waals surface area contributed by atoms with Gasteiger partial charge in [0.05, 0.1) is 18.8 Å². The number of ether oxygens (including phenoxy) is 1. The molecule has 0 spiro atoms. The second kappa shape index (κ2) is 9.62. The van der Waals surface area contributed by atoms with Crippen LogP contribution in [-0.4, -0.2) is 65.5 Å². The third-order valence-corrected chi connectivity index (χ3v) is 4.52. The van der Waals surface area contributed by atoms with Crippen LogP contribution >= 0.6 is 0 Å². The van der Waals surface area contributed by atoms with Crippen molar-refractivity contribution < 1.29 is 23.5 Å². The molecule has 1 aliphatic heterocycles. The van der Waals surface area contributed by atoms with Crippen molar-refractivity contribution in [3.8, 4) is 0 Å². The number of hydrogen-bond acceptors (Lipinski definition) is 5. The molecule has 8 heteroatoms. The molecule has 1 aromatic heterocycles. The van der Waals surface area contributed by atoms with Gasteiger partial charge >= 0.3 is 6.09 Å². The van der Waals surface area contributed by atoms with E-state index in [2.05, 4.69) is 5.32 Å². The smallest absolute Gasteiger partial charge is 0.410 e. The second-order valence-electron chi connectivity index (χ2n) is 8.39. The van der Waals surface area contributed by atoms with E-state index in [1.807, 2.05) is 34.6 Å². The van der Waals surface area contributed by atoms with Gasteiger partial charge in [-0.05, 0) is 44.9 Å². The molecule has 2 rings (SSSR count). The van der Waals surface area contributed by atoms with Crippen LogP contribution in [0, 0.1) is 5.92 Å². The lowest BCUT2D eigenvalue weighted by Crippen LogP contribution is -2.60. The average Bonchev–Trinajstić information content (AvgIpc) is 3.16. The number of nitrogens with one attached hydrogen (secondary N) is 1. The highest BCUT2D eigenvalue weighted by Crippen LogP contribution is 2.20. The summed E-state index contributed by atoms with van der Waals surface area (Å²) in [5.74, 6) is 0.162.